The Morgan fingerprint density at radius 1 is 1.13 bits per heavy atom. The first-order chi connectivity index (χ1) is 11.3. The van der Waals surface area contributed by atoms with E-state index in [1.807, 2.05) is 18.5 Å². The Hall–Kier alpha value is -2.69. The molecule has 0 fully saturated rings. The first-order valence-corrected chi connectivity index (χ1v) is 8.02. The maximum absolute atomic E-state index is 4.44. The average molecular weight is 305 g/mol. The monoisotopic (exact) mass is 305 g/mol. The lowest BCUT2D eigenvalue weighted by Crippen LogP contribution is -2.20. The van der Waals surface area contributed by atoms with Gasteiger partial charge in [-0.2, -0.15) is 5.10 Å². The fourth-order valence-corrected chi connectivity index (χ4v) is 3.07. The lowest BCUT2D eigenvalue weighted by Gasteiger charge is -2.11. The molecule has 0 saturated carbocycles. The lowest BCUT2D eigenvalue weighted by molar-refractivity contribution is 0.761. The van der Waals surface area contributed by atoms with Gasteiger partial charge in [0.1, 0.15) is 0 Å². The molecule has 2 aromatic heterocycles. The number of rotatable bonds is 4. The number of benzene rings is 1. The number of fused-ring (bicyclic) bond motifs is 1. The van der Waals surface area contributed by atoms with Crippen molar-refractivity contribution in [3.63, 3.8) is 0 Å². The molecule has 23 heavy (non-hydrogen) atoms. The van der Waals surface area contributed by atoms with Crippen molar-refractivity contribution in [3.8, 4) is 11.3 Å². The third-order valence-corrected chi connectivity index (χ3v) is 4.34. The summed E-state index contributed by atoms with van der Waals surface area (Å²) in [5.74, 6) is 0.679. The third-order valence-electron chi connectivity index (χ3n) is 4.34. The van der Waals surface area contributed by atoms with Crippen LogP contribution < -0.4 is 5.32 Å². The molecule has 0 amide bonds. The second-order valence-corrected chi connectivity index (χ2v) is 5.95. The van der Waals surface area contributed by atoms with Gasteiger partial charge >= 0.3 is 0 Å². The van der Waals surface area contributed by atoms with Gasteiger partial charge in [0.05, 0.1) is 5.69 Å². The average Bonchev–Trinajstić information content (AvgIpc) is 3.21. The largest absolute Gasteiger partial charge is 0.351 e. The summed E-state index contributed by atoms with van der Waals surface area (Å²) in [5, 5.41) is 10.7. The molecule has 0 saturated heterocycles. The van der Waals surface area contributed by atoms with Crippen molar-refractivity contribution < 1.29 is 0 Å². The van der Waals surface area contributed by atoms with E-state index in [0.717, 1.165) is 36.2 Å². The number of nitrogens with zero attached hydrogens (tertiary/aromatic N) is 3. The van der Waals surface area contributed by atoms with Crippen molar-refractivity contribution >= 4 is 5.95 Å². The molecule has 2 N–H and O–H groups in total. The molecule has 1 aliphatic rings. The molecule has 3 aromatic rings. The minimum Gasteiger partial charge on any atom is -0.351 e. The molecule has 4 rings (SSSR count). The van der Waals surface area contributed by atoms with E-state index in [1.54, 1.807) is 0 Å². The smallest absolute Gasteiger partial charge is 0.222 e. The Morgan fingerprint density at radius 2 is 1.83 bits per heavy atom. The molecule has 0 atom stereocenters. The van der Waals surface area contributed by atoms with Gasteiger partial charge in [-0.05, 0) is 36.5 Å². The molecule has 0 bridgehead atoms. The maximum atomic E-state index is 4.44. The van der Waals surface area contributed by atoms with Gasteiger partial charge in [-0.1, -0.05) is 31.2 Å². The zero-order valence-corrected chi connectivity index (χ0v) is 13.1. The Morgan fingerprint density at radius 3 is 2.43 bits per heavy atom. The minimum atomic E-state index is 0.371. The van der Waals surface area contributed by atoms with Crippen LogP contribution in [0.1, 0.15) is 23.7 Å². The number of anilines is 1. The normalized spacial score (nSPS) is 14.0. The van der Waals surface area contributed by atoms with Crippen molar-refractivity contribution in [2.24, 2.45) is 0 Å². The second kappa shape index (κ2) is 5.83. The fourth-order valence-electron chi connectivity index (χ4n) is 3.07. The highest BCUT2D eigenvalue weighted by Crippen LogP contribution is 2.24. The topological polar surface area (TPSA) is 66.5 Å². The van der Waals surface area contributed by atoms with Gasteiger partial charge in [0.15, 0.2) is 0 Å². The summed E-state index contributed by atoms with van der Waals surface area (Å²) in [4.78, 5) is 8.88. The fraction of sp³-hybridized carbons (Fsp3) is 0.278. The molecule has 5 heteroatoms. The summed E-state index contributed by atoms with van der Waals surface area (Å²) in [6.45, 7) is 2.10. The summed E-state index contributed by atoms with van der Waals surface area (Å²) in [5.41, 5.74) is 5.78. The van der Waals surface area contributed by atoms with Crippen LogP contribution in [-0.2, 0) is 19.3 Å². The lowest BCUT2D eigenvalue weighted by atomic mass is 10.1. The highest BCUT2D eigenvalue weighted by Gasteiger charge is 2.21. The zero-order valence-electron chi connectivity index (χ0n) is 13.1. The van der Waals surface area contributed by atoms with Crippen LogP contribution in [0.3, 0.4) is 0 Å². The van der Waals surface area contributed by atoms with Crippen molar-refractivity contribution in [3.05, 3.63) is 59.5 Å². The Balaban J connectivity index is 1.45. The van der Waals surface area contributed by atoms with Gasteiger partial charge < -0.3 is 5.32 Å². The van der Waals surface area contributed by atoms with Crippen molar-refractivity contribution in [2.75, 3.05) is 5.32 Å². The van der Waals surface area contributed by atoms with E-state index in [1.165, 1.54) is 11.1 Å². The van der Waals surface area contributed by atoms with E-state index in [0.29, 0.717) is 12.0 Å². The maximum Gasteiger partial charge on any atom is 0.222 e. The van der Waals surface area contributed by atoms with Gasteiger partial charge in [-0.3, -0.25) is 5.10 Å². The molecule has 116 valence electrons. The number of aromatic amines is 1. The van der Waals surface area contributed by atoms with Crippen molar-refractivity contribution in [1.82, 2.24) is 20.2 Å². The van der Waals surface area contributed by atoms with E-state index in [-0.39, 0.29) is 0 Å². The predicted octanol–water partition coefficient (Wildman–Crippen LogP) is 3.01. The van der Waals surface area contributed by atoms with Gasteiger partial charge in [-0.15, -0.1) is 0 Å². The van der Waals surface area contributed by atoms with Gasteiger partial charge in [-0.25, -0.2) is 9.97 Å². The summed E-state index contributed by atoms with van der Waals surface area (Å²) in [7, 11) is 0. The van der Waals surface area contributed by atoms with Crippen LogP contribution in [0, 0.1) is 0 Å². The van der Waals surface area contributed by atoms with Crippen molar-refractivity contribution in [2.45, 2.75) is 32.2 Å². The summed E-state index contributed by atoms with van der Waals surface area (Å²) in [6.07, 6.45) is 6.65. The van der Waals surface area contributed by atoms with Crippen molar-refractivity contribution in [1.29, 1.82) is 0 Å². The highest BCUT2D eigenvalue weighted by atomic mass is 15.1. The molecule has 2 heterocycles. The molecule has 1 aliphatic carbocycles. The summed E-state index contributed by atoms with van der Waals surface area (Å²) >= 11 is 0. The number of hydrogen-bond acceptors (Lipinski definition) is 4. The van der Waals surface area contributed by atoms with E-state index >= 15 is 0 Å². The van der Waals surface area contributed by atoms with Crippen LogP contribution in [0.5, 0.6) is 0 Å². The Kier molecular flexibility index (Phi) is 3.54. The second-order valence-electron chi connectivity index (χ2n) is 5.95. The van der Waals surface area contributed by atoms with Crippen LogP contribution in [0.2, 0.25) is 0 Å². The number of nitrogens with one attached hydrogen (secondary N) is 2. The van der Waals surface area contributed by atoms with Gasteiger partial charge in [0.2, 0.25) is 5.95 Å². The molecule has 0 aliphatic heterocycles. The molecular formula is C18H19N5. The SMILES string of the molecule is CCc1cc(-c2cnc(NC3Cc4ccccc4C3)nc2)n[nH]1. The number of aryl methyl sites for hydroxylation is 1. The molecule has 1 aromatic carbocycles. The van der Waals surface area contributed by atoms with Gasteiger partial charge in [0.25, 0.3) is 0 Å². The third kappa shape index (κ3) is 2.82. The van der Waals surface area contributed by atoms with Gasteiger partial charge in [0, 0.05) is 29.7 Å². The molecule has 0 unspecified atom stereocenters. The number of H-pyrrole nitrogens is 1. The predicted molar refractivity (Wildman–Crippen MR) is 90.3 cm³/mol. The number of hydrogen-bond donors (Lipinski definition) is 2. The molecule has 0 radical (unpaired) electrons. The number of aromatic nitrogens is 4. The van der Waals surface area contributed by atoms with E-state index in [4.69, 9.17) is 0 Å². The molecule has 0 spiro atoms. The van der Waals surface area contributed by atoms with Crippen LogP contribution in [0.15, 0.2) is 42.7 Å². The Bertz CT molecular complexity index is 781. The van der Waals surface area contributed by atoms with Crippen LogP contribution in [-0.4, -0.2) is 26.2 Å². The molecule has 5 nitrogen and oxygen atoms in total. The van der Waals surface area contributed by atoms with Crippen LogP contribution >= 0.6 is 0 Å². The van der Waals surface area contributed by atoms with Crippen LogP contribution in [0.4, 0.5) is 5.95 Å². The first kappa shape index (κ1) is 13.9. The molecular weight excluding hydrogens is 286 g/mol. The minimum absolute atomic E-state index is 0.371. The Labute approximate surface area is 135 Å². The van der Waals surface area contributed by atoms with Crippen LogP contribution in [0.25, 0.3) is 11.3 Å². The quantitative estimate of drug-likeness (QED) is 0.777. The highest BCUT2D eigenvalue weighted by molar-refractivity contribution is 5.57. The first-order valence-electron chi connectivity index (χ1n) is 8.02. The summed E-state index contributed by atoms with van der Waals surface area (Å²) < 4.78 is 0. The van der Waals surface area contributed by atoms with E-state index in [2.05, 4.69) is 56.7 Å². The van der Waals surface area contributed by atoms with E-state index < -0.39 is 0 Å². The zero-order chi connectivity index (χ0) is 15.6. The summed E-state index contributed by atoms with van der Waals surface area (Å²) in [6, 6.07) is 11.0. The van der Waals surface area contributed by atoms with E-state index in [9.17, 15) is 0 Å². The standard InChI is InChI=1S/C18H19N5/c1-2-15-9-17(23-22-15)14-10-19-18(20-11-14)21-16-7-12-5-3-4-6-13(12)8-16/h3-6,9-11,16H,2,7-8H2,1H3,(H,22,23)(H,19,20,21).